The summed E-state index contributed by atoms with van der Waals surface area (Å²) in [6.45, 7) is 1.35. The van der Waals surface area contributed by atoms with Crippen molar-refractivity contribution in [3.8, 4) is 0 Å². The van der Waals surface area contributed by atoms with Crippen molar-refractivity contribution in [1.82, 2.24) is 5.32 Å². The van der Waals surface area contributed by atoms with Crippen molar-refractivity contribution in [1.29, 1.82) is 0 Å². The Balaban J connectivity index is 0.00000162. The molecule has 18 heavy (non-hydrogen) atoms. The predicted molar refractivity (Wildman–Crippen MR) is 74.9 cm³/mol. The van der Waals surface area contributed by atoms with Crippen LogP contribution in [0, 0.1) is 0 Å². The van der Waals surface area contributed by atoms with Gasteiger partial charge in [-0.3, -0.25) is 4.79 Å². The zero-order valence-electron chi connectivity index (χ0n) is 9.83. The highest BCUT2D eigenvalue weighted by molar-refractivity contribution is 6.42. The van der Waals surface area contributed by atoms with E-state index in [0.717, 1.165) is 12.1 Å². The van der Waals surface area contributed by atoms with Gasteiger partial charge in [0.1, 0.15) is 5.41 Å². The Kier molecular flexibility index (Phi) is 5.29. The minimum atomic E-state index is -0.636. The molecule has 1 fully saturated rings. The Morgan fingerprint density at radius 2 is 2.11 bits per heavy atom. The van der Waals surface area contributed by atoms with E-state index in [0.29, 0.717) is 23.0 Å². The van der Waals surface area contributed by atoms with E-state index in [-0.39, 0.29) is 18.4 Å². The van der Waals surface area contributed by atoms with Crippen LogP contribution in [0.15, 0.2) is 18.2 Å². The van der Waals surface area contributed by atoms with Crippen molar-refractivity contribution < 1.29 is 9.53 Å². The summed E-state index contributed by atoms with van der Waals surface area (Å²) in [5.41, 5.74) is 0.215. The maximum absolute atomic E-state index is 12.0. The number of nitrogens with one attached hydrogen (secondary N) is 1. The predicted octanol–water partition coefficient (Wildman–Crippen LogP) is 2.82. The van der Waals surface area contributed by atoms with Crippen LogP contribution in [-0.2, 0) is 14.9 Å². The molecule has 6 heteroatoms. The number of methoxy groups -OCH3 is 1. The maximum Gasteiger partial charge on any atom is 0.317 e. The van der Waals surface area contributed by atoms with Crippen LogP contribution in [0.1, 0.15) is 12.0 Å². The first kappa shape index (κ1) is 15.6. The van der Waals surface area contributed by atoms with E-state index >= 15 is 0 Å². The smallest absolute Gasteiger partial charge is 0.317 e. The van der Waals surface area contributed by atoms with Crippen molar-refractivity contribution in [2.24, 2.45) is 0 Å². The lowest BCUT2D eigenvalue weighted by Crippen LogP contribution is -2.39. The third kappa shape index (κ3) is 2.59. The van der Waals surface area contributed by atoms with Gasteiger partial charge in [-0.15, -0.1) is 12.4 Å². The number of ether oxygens (including phenoxy) is 1. The Morgan fingerprint density at radius 1 is 1.39 bits per heavy atom. The van der Waals surface area contributed by atoms with E-state index in [1.165, 1.54) is 7.11 Å². The third-order valence-electron chi connectivity index (χ3n) is 3.20. The van der Waals surface area contributed by atoms with Crippen LogP contribution in [0.5, 0.6) is 0 Å². The van der Waals surface area contributed by atoms with Gasteiger partial charge in [0.15, 0.2) is 0 Å². The number of rotatable bonds is 2. The summed E-state index contributed by atoms with van der Waals surface area (Å²) in [4.78, 5) is 12.0. The molecule has 100 valence electrons. The zero-order valence-corrected chi connectivity index (χ0v) is 12.2. The average Bonchev–Trinajstić information content (AvgIpc) is 2.82. The van der Waals surface area contributed by atoms with Gasteiger partial charge < -0.3 is 10.1 Å². The first-order valence-corrected chi connectivity index (χ1v) is 6.10. The molecule has 1 aliphatic rings. The molecular weight excluding hydrogens is 296 g/mol. The quantitative estimate of drug-likeness (QED) is 0.854. The minimum Gasteiger partial charge on any atom is -0.468 e. The Hall–Kier alpha value is -0.480. The highest BCUT2D eigenvalue weighted by Crippen LogP contribution is 2.35. The van der Waals surface area contributed by atoms with Gasteiger partial charge in [-0.05, 0) is 30.7 Å². The lowest BCUT2D eigenvalue weighted by atomic mass is 9.80. The topological polar surface area (TPSA) is 38.3 Å². The van der Waals surface area contributed by atoms with Crippen molar-refractivity contribution >= 4 is 41.6 Å². The molecule has 0 aliphatic carbocycles. The van der Waals surface area contributed by atoms with Crippen molar-refractivity contribution in [3.63, 3.8) is 0 Å². The van der Waals surface area contributed by atoms with Gasteiger partial charge in [0.2, 0.25) is 0 Å². The summed E-state index contributed by atoms with van der Waals surface area (Å²) in [6, 6.07) is 5.29. The molecule has 0 amide bonds. The van der Waals surface area contributed by atoms with E-state index < -0.39 is 5.41 Å². The van der Waals surface area contributed by atoms with Gasteiger partial charge in [0, 0.05) is 6.54 Å². The molecular formula is C12H14Cl3NO2. The summed E-state index contributed by atoms with van der Waals surface area (Å²) in [5.74, 6) is -0.235. The molecule has 0 radical (unpaired) electrons. The highest BCUT2D eigenvalue weighted by atomic mass is 35.5. The molecule has 0 spiro atoms. The molecule has 1 unspecified atom stereocenters. The van der Waals surface area contributed by atoms with Crippen molar-refractivity contribution in [3.05, 3.63) is 33.8 Å². The van der Waals surface area contributed by atoms with Gasteiger partial charge in [0.05, 0.1) is 17.2 Å². The number of carbonyl (C=O) groups is 1. The summed E-state index contributed by atoms with van der Waals surface area (Å²) < 4.78 is 4.91. The maximum atomic E-state index is 12.0. The first-order chi connectivity index (χ1) is 8.10. The summed E-state index contributed by atoms with van der Waals surface area (Å²) in [7, 11) is 1.40. The SMILES string of the molecule is COC(=O)C1(c2ccc(Cl)c(Cl)c2)CCNC1.Cl. The van der Waals surface area contributed by atoms with Crippen molar-refractivity contribution in [2.45, 2.75) is 11.8 Å². The van der Waals surface area contributed by atoms with Gasteiger partial charge in [0.25, 0.3) is 0 Å². The summed E-state index contributed by atoms with van der Waals surface area (Å²) in [6.07, 6.45) is 0.706. The number of hydrogen-bond donors (Lipinski definition) is 1. The molecule has 1 saturated heterocycles. The monoisotopic (exact) mass is 309 g/mol. The number of esters is 1. The zero-order chi connectivity index (χ0) is 12.5. The average molecular weight is 311 g/mol. The molecule has 1 heterocycles. The first-order valence-electron chi connectivity index (χ1n) is 5.35. The molecule has 3 nitrogen and oxygen atoms in total. The fraction of sp³-hybridized carbons (Fsp3) is 0.417. The highest BCUT2D eigenvalue weighted by Gasteiger charge is 2.44. The molecule has 2 rings (SSSR count). The van der Waals surface area contributed by atoms with Crippen LogP contribution >= 0.6 is 35.6 Å². The van der Waals surface area contributed by atoms with E-state index in [4.69, 9.17) is 27.9 Å². The minimum absolute atomic E-state index is 0. The number of carbonyl (C=O) groups excluding carboxylic acids is 1. The molecule has 0 aromatic heterocycles. The molecule has 1 aliphatic heterocycles. The number of benzene rings is 1. The third-order valence-corrected chi connectivity index (χ3v) is 3.94. The summed E-state index contributed by atoms with van der Waals surface area (Å²) >= 11 is 11.9. The molecule has 0 saturated carbocycles. The molecule has 1 aromatic carbocycles. The molecule has 0 bridgehead atoms. The fourth-order valence-corrected chi connectivity index (χ4v) is 2.52. The van der Waals surface area contributed by atoms with Gasteiger partial charge >= 0.3 is 5.97 Å². The molecule has 1 aromatic rings. The van der Waals surface area contributed by atoms with E-state index in [1.807, 2.05) is 6.07 Å². The van der Waals surface area contributed by atoms with Crippen LogP contribution < -0.4 is 5.32 Å². The Labute approximate surface area is 122 Å². The van der Waals surface area contributed by atoms with Gasteiger partial charge in [-0.1, -0.05) is 29.3 Å². The second-order valence-corrected chi connectivity index (χ2v) is 4.94. The van der Waals surface area contributed by atoms with Crippen LogP contribution in [0.2, 0.25) is 10.0 Å². The normalized spacial score (nSPS) is 22.4. The number of halogens is 3. The van der Waals surface area contributed by atoms with E-state index in [9.17, 15) is 4.79 Å². The fourth-order valence-electron chi connectivity index (χ4n) is 2.22. The van der Waals surface area contributed by atoms with Crippen LogP contribution in [0.4, 0.5) is 0 Å². The Morgan fingerprint density at radius 3 is 2.61 bits per heavy atom. The van der Waals surface area contributed by atoms with Crippen LogP contribution in [0.25, 0.3) is 0 Å². The van der Waals surface area contributed by atoms with E-state index in [2.05, 4.69) is 5.32 Å². The molecule has 1 N–H and O–H groups in total. The Bertz CT molecular complexity index is 445. The van der Waals surface area contributed by atoms with E-state index in [1.54, 1.807) is 12.1 Å². The van der Waals surface area contributed by atoms with Crippen LogP contribution in [-0.4, -0.2) is 26.2 Å². The molecule has 1 atom stereocenters. The lowest BCUT2D eigenvalue weighted by Gasteiger charge is -2.25. The van der Waals surface area contributed by atoms with Gasteiger partial charge in [-0.2, -0.15) is 0 Å². The standard InChI is InChI=1S/C12H13Cl2NO2.ClH/c1-17-11(16)12(4-5-15-7-12)8-2-3-9(13)10(14)6-8;/h2-3,6,15H,4-5,7H2,1H3;1H. The van der Waals surface area contributed by atoms with Gasteiger partial charge in [-0.25, -0.2) is 0 Å². The summed E-state index contributed by atoms with van der Waals surface area (Å²) in [5, 5.41) is 4.13. The van der Waals surface area contributed by atoms with Crippen LogP contribution in [0.3, 0.4) is 0 Å². The lowest BCUT2D eigenvalue weighted by molar-refractivity contribution is -0.146. The number of hydrogen-bond acceptors (Lipinski definition) is 3. The van der Waals surface area contributed by atoms with Crippen molar-refractivity contribution in [2.75, 3.05) is 20.2 Å². The second kappa shape index (κ2) is 6.11. The largest absolute Gasteiger partial charge is 0.468 e. The second-order valence-electron chi connectivity index (χ2n) is 4.13.